The molecule has 4 nitrogen and oxygen atoms in total. The van der Waals surface area contributed by atoms with Gasteiger partial charge in [-0.3, -0.25) is 4.68 Å². The summed E-state index contributed by atoms with van der Waals surface area (Å²) < 4.78 is 7.73. The van der Waals surface area contributed by atoms with Gasteiger partial charge in [-0.05, 0) is 62.1 Å². The van der Waals surface area contributed by atoms with E-state index in [2.05, 4.69) is 36.3 Å². The number of para-hydroxylation sites is 1. The molecule has 0 saturated carbocycles. The van der Waals surface area contributed by atoms with Crippen LogP contribution in [0.2, 0.25) is 0 Å². The molecule has 0 amide bonds. The molecular weight excluding hydrogens is 286 g/mol. The minimum atomic E-state index is 0.857. The molecule has 3 aromatic rings. The summed E-state index contributed by atoms with van der Waals surface area (Å²) in [5.41, 5.74) is 3.59. The highest BCUT2D eigenvalue weighted by atomic mass is 16.5. The first-order valence-electron chi connectivity index (χ1n) is 7.96. The molecule has 1 heterocycles. The van der Waals surface area contributed by atoms with Crippen molar-refractivity contribution in [2.75, 3.05) is 0 Å². The maximum Gasteiger partial charge on any atom is 0.127 e. The highest BCUT2D eigenvalue weighted by Crippen LogP contribution is 2.24. The molecule has 0 unspecified atom stereocenters. The molecule has 0 radical (unpaired) electrons. The SMILES string of the molecule is CCn1cc(CCc2ccc(Oc3ccccc3)cc2C)nn1. The molecule has 4 heteroatoms. The van der Waals surface area contributed by atoms with Crippen LogP contribution < -0.4 is 4.74 Å². The van der Waals surface area contributed by atoms with Crippen LogP contribution in [0.15, 0.2) is 54.7 Å². The number of benzene rings is 2. The Kier molecular flexibility index (Phi) is 4.71. The Hall–Kier alpha value is -2.62. The Morgan fingerprint density at radius 1 is 1.00 bits per heavy atom. The van der Waals surface area contributed by atoms with E-state index in [0.717, 1.165) is 36.6 Å². The van der Waals surface area contributed by atoms with Crippen molar-refractivity contribution in [1.82, 2.24) is 15.0 Å². The van der Waals surface area contributed by atoms with E-state index in [-0.39, 0.29) is 0 Å². The lowest BCUT2D eigenvalue weighted by molar-refractivity contribution is 0.482. The quantitative estimate of drug-likeness (QED) is 0.685. The highest BCUT2D eigenvalue weighted by Gasteiger charge is 2.05. The smallest absolute Gasteiger partial charge is 0.127 e. The number of aryl methyl sites for hydroxylation is 4. The fourth-order valence-electron chi connectivity index (χ4n) is 2.51. The first-order chi connectivity index (χ1) is 11.2. The molecule has 0 atom stereocenters. The van der Waals surface area contributed by atoms with Crippen LogP contribution in [0.1, 0.15) is 23.7 Å². The van der Waals surface area contributed by atoms with Gasteiger partial charge in [-0.1, -0.05) is 29.5 Å². The number of hydrogen-bond donors (Lipinski definition) is 0. The van der Waals surface area contributed by atoms with E-state index in [1.54, 1.807) is 0 Å². The van der Waals surface area contributed by atoms with E-state index in [0.29, 0.717) is 0 Å². The lowest BCUT2D eigenvalue weighted by Gasteiger charge is -2.09. The van der Waals surface area contributed by atoms with Crippen LogP contribution in [0.5, 0.6) is 11.5 Å². The topological polar surface area (TPSA) is 39.9 Å². The van der Waals surface area contributed by atoms with Crippen molar-refractivity contribution in [2.24, 2.45) is 0 Å². The number of hydrogen-bond acceptors (Lipinski definition) is 3. The second kappa shape index (κ2) is 7.09. The van der Waals surface area contributed by atoms with Crippen LogP contribution >= 0.6 is 0 Å². The Bertz CT molecular complexity index is 765. The summed E-state index contributed by atoms with van der Waals surface area (Å²) in [6, 6.07) is 16.1. The minimum absolute atomic E-state index is 0.857. The average molecular weight is 307 g/mol. The van der Waals surface area contributed by atoms with Crippen molar-refractivity contribution in [2.45, 2.75) is 33.2 Å². The van der Waals surface area contributed by atoms with E-state index in [9.17, 15) is 0 Å². The zero-order valence-corrected chi connectivity index (χ0v) is 13.6. The maximum absolute atomic E-state index is 5.87. The third-order valence-corrected chi connectivity index (χ3v) is 3.85. The summed E-state index contributed by atoms with van der Waals surface area (Å²) in [6.45, 7) is 5.04. The first kappa shape index (κ1) is 15.3. The molecule has 2 aromatic carbocycles. The predicted octanol–water partition coefficient (Wildman–Crippen LogP) is 4.18. The van der Waals surface area contributed by atoms with Crippen LogP contribution in [0, 0.1) is 6.92 Å². The Balaban J connectivity index is 1.64. The number of rotatable bonds is 6. The molecule has 0 spiro atoms. The molecule has 118 valence electrons. The van der Waals surface area contributed by atoms with Crippen molar-refractivity contribution in [3.8, 4) is 11.5 Å². The number of nitrogens with zero attached hydrogens (tertiary/aromatic N) is 3. The van der Waals surface area contributed by atoms with Crippen molar-refractivity contribution >= 4 is 0 Å². The molecule has 0 bridgehead atoms. The number of aromatic nitrogens is 3. The molecular formula is C19H21N3O. The lowest BCUT2D eigenvalue weighted by Crippen LogP contribution is -1.95. The zero-order chi connectivity index (χ0) is 16.1. The van der Waals surface area contributed by atoms with E-state index < -0.39 is 0 Å². The van der Waals surface area contributed by atoms with Gasteiger partial charge in [-0.15, -0.1) is 5.10 Å². The monoisotopic (exact) mass is 307 g/mol. The molecule has 0 aliphatic carbocycles. The van der Waals surface area contributed by atoms with Gasteiger partial charge < -0.3 is 4.74 Å². The molecule has 0 N–H and O–H groups in total. The van der Waals surface area contributed by atoms with E-state index >= 15 is 0 Å². The van der Waals surface area contributed by atoms with Crippen LogP contribution in [0.4, 0.5) is 0 Å². The van der Waals surface area contributed by atoms with Gasteiger partial charge in [-0.2, -0.15) is 0 Å². The lowest BCUT2D eigenvalue weighted by atomic mass is 10.0. The maximum atomic E-state index is 5.87. The van der Waals surface area contributed by atoms with Gasteiger partial charge in [0.15, 0.2) is 0 Å². The second-order valence-corrected chi connectivity index (χ2v) is 5.57. The molecule has 0 fully saturated rings. The van der Waals surface area contributed by atoms with Crippen molar-refractivity contribution in [1.29, 1.82) is 0 Å². The largest absolute Gasteiger partial charge is 0.457 e. The summed E-state index contributed by atoms with van der Waals surface area (Å²) in [5.74, 6) is 1.73. The normalized spacial score (nSPS) is 10.7. The third-order valence-electron chi connectivity index (χ3n) is 3.85. The molecule has 0 aliphatic heterocycles. The van der Waals surface area contributed by atoms with Crippen LogP contribution in [0.25, 0.3) is 0 Å². The average Bonchev–Trinajstić information content (AvgIpc) is 3.03. The second-order valence-electron chi connectivity index (χ2n) is 5.57. The summed E-state index contributed by atoms with van der Waals surface area (Å²) >= 11 is 0. The van der Waals surface area contributed by atoms with Crippen molar-refractivity contribution in [3.05, 3.63) is 71.5 Å². The van der Waals surface area contributed by atoms with Crippen LogP contribution in [-0.4, -0.2) is 15.0 Å². The van der Waals surface area contributed by atoms with Gasteiger partial charge >= 0.3 is 0 Å². The van der Waals surface area contributed by atoms with E-state index in [1.807, 2.05) is 47.3 Å². The third kappa shape index (κ3) is 3.97. The van der Waals surface area contributed by atoms with Gasteiger partial charge in [0.1, 0.15) is 11.5 Å². The standard InChI is InChI=1S/C19H21N3O/c1-3-22-14-17(20-21-22)11-9-16-10-12-19(13-15(16)2)23-18-7-5-4-6-8-18/h4-8,10,12-14H,3,9,11H2,1-2H3. The Morgan fingerprint density at radius 2 is 1.83 bits per heavy atom. The van der Waals surface area contributed by atoms with Crippen molar-refractivity contribution < 1.29 is 4.74 Å². The molecule has 0 aliphatic rings. The Labute approximate surface area is 136 Å². The molecule has 23 heavy (non-hydrogen) atoms. The summed E-state index contributed by atoms with van der Waals surface area (Å²) in [4.78, 5) is 0. The molecule has 1 aromatic heterocycles. The van der Waals surface area contributed by atoms with Gasteiger partial charge in [0, 0.05) is 12.7 Å². The van der Waals surface area contributed by atoms with Gasteiger partial charge in [0.2, 0.25) is 0 Å². The van der Waals surface area contributed by atoms with Gasteiger partial charge in [0.05, 0.1) is 5.69 Å². The molecule has 0 saturated heterocycles. The first-order valence-corrected chi connectivity index (χ1v) is 7.96. The van der Waals surface area contributed by atoms with Gasteiger partial charge in [0.25, 0.3) is 0 Å². The molecule has 3 rings (SSSR count). The highest BCUT2D eigenvalue weighted by molar-refractivity contribution is 5.38. The Morgan fingerprint density at radius 3 is 2.52 bits per heavy atom. The van der Waals surface area contributed by atoms with Crippen molar-refractivity contribution in [3.63, 3.8) is 0 Å². The predicted molar refractivity (Wildman–Crippen MR) is 90.8 cm³/mol. The summed E-state index contributed by atoms with van der Waals surface area (Å²) in [7, 11) is 0. The fourth-order valence-corrected chi connectivity index (χ4v) is 2.51. The summed E-state index contributed by atoms with van der Waals surface area (Å²) in [5, 5.41) is 8.27. The minimum Gasteiger partial charge on any atom is -0.457 e. The summed E-state index contributed by atoms with van der Waals surface area (Å²) in [6.07, 6.45) is 3.88. The van der Waals surface area contributed by atoms with E-state index in [1.165, 1.54) is 11.1 Å². The van der Waals surface area contributed by atoms with E-state index in [4.69, 9.17) is 4.74 Å². The van der Waals surface area contributed by atoms with Crippen LogP contribution in [-0.2, 0) is 19.4 Å². The van der Waals surface area contributed by atoms with Crippen LogP contribution in [0.3, 0.4) is 0 Å². The van der Waals surface area contributed by atoms with Gasteiger partial charge in [-0.25, -0.2) is 0 Å². The number of ether oxygens (including phenoxy) is 1. The fraction of sp³-hybridized carbons (Fsp3) is 0.263. The zero-order valence-electron chi connectivity index (χ0n) is 13.6.